The van der Waals surface area contributed by atoms with E-state index in [4.69, 9.17) is 5.73 Å². The van der Waals surface area contributed by atoms with Crippen molar-refractivity contribution in [2.24, 2.45) is 7.05 Å². The summed E-state index contributed by atoms with van der Waals surface area (Å²) in [4.78, 5) is 22.2. The molecule has 0 aliphatic carbocycles. The zero-order valence-corrected chi connectivity index (χ0v) is 20.2. The maximum Gasteiger partial charge on any atom is 0.263 e. The molecule has 0 aliphatic heterocycles. The van der Waals surface area contributed by atoms with Gasteiger partial charge in [0.15, 0.2) is 0 Å². The van der Waals surface area contributed by atoms with Crippen LogP contribution in [-0.2, 0) is 13.6 Å². The third-order valence-electron chi connectivity index (χ3n) is 6.22. The van der Waals surface area contributed by atoms with Crippen LogP contribution < -0.4 is 16.6 Å². The van der Waals surface area contributed by atoms with E-state index in [1.807, 2.05) is 62.4 Å². The molecule has 9 nitrogen and oxygen atoms in total. The van der Waals surface area contributed by atoms with Crippen molar-refractivity contribution < 1.29 is 0 Å². The zero-order valence-electron chi connectivity index (χ0n) is 20.2. The molecule has 3 N–H and O–H groups in total. The van der Waals surface area contributed by atoms with E-state index in [0.29, 0.717) is 16.8 Å². The van der Waals surface area contributed by atoms with Crippen LogP contribution in [0.2, 0.25) is 0 Å². The largest absolute Gasteiger partial charge is 0.803 e. The number of aromatic nitrogens is 5. The van der Waals surface area contributed by atoms with Crippen LogP contribution in [0, 0.1) is 13.8 Å². The average Bonchev–Trinajstić information content (AvgIpc) is 3.29. The number of hydrogen-bond acceptors (Lipinski definition) is 6. The fourth-order valence-corrected chi connectivity index (χ4v) is 4.43. The third-order valence-corrected chi connectivity index (χ3v) is 6.22. The number of benzene rings is 2. The van der Waals surface area contributed by atoms with Crippen LogP contribution in [0.25, 0.3) is 21.9 Å². The topological polar surface area (TPSA) is 126 Å². The van der Waals surface area contributed by atoms with Gasteiger partial charge < -0.3 is 16.5 Å². The summed E-state index contributed by atoms with van der Waals surface area (Å²) in [5.74, 6) is 0.469. The van der Waals surface area contributed by atoms with Crippen LogP contribution in [0.5, 0.6) is 0 Å². The van der Waals surface area contributed by atoms with Crippen molar-refractivity contribution in [3.8, 4) is 5.69 Å². The Morgan fingerprint density at radius 2 is 1.86 bits per heavy atom. The fraction of sp³-hybridized carbons (Fsp3) is 0.148. The Labute approximate surface area is 207 Å². The number of aryl methyl sites for hydroxylation is 3. The fourth-order valence-electron chi connectivity index (χ4n) is 4.43. The number of nitrogen functional groups attached to an aromatic ring is 1. The molecule has 5 aromatic rings. The minimum absolute atomic E-state index is 0.0888. The van der Waals surface area contributed by atoms with Crippen molar-refractivity contribution in [3.63, 3.8) is 0 Å². The van der Waals surface area contributed by atoms with Crippen LogP contribution in [0.3, 0.4) is 0 Å². The maximum atomic E-state index is 13.8. The first kappa shape index (κ1) is 23.0. The first-order valence-corrected chi connectivity index (χ1v) is 11.4. The van der Waals surface area contributed by atoms with Crippen molar-refractivity contribution in [3.05, 3.63) is 111 Å². The summed E-state index contributed by atoms with van der Waals surface area (Å²) in [5.41, 5.74) is 10.1. The van der Waals surface area contributed by atoms with Gasteiger partial charge in [0.25, 0.3) is 5.56 Å². The molecule has 0 amide bonds. The lowest BCUT2D eigenvalue weighted by Crippen LogP contribution is -2.25. The van der Waals surface area contributed by atoms with Gasteiger partial charge in [0, 0.05) is 24.5 Å². The monoisotopic (exact) mass is 477 g/mol. The standard InChI is InChI=1S/C27H25N8O/c1-16-7-4-5-10-21(16)35-20(11-18-9-6-8-17(2)22(18)27(35)36)13-30-26-23(25(29)31-15-32-26)24(28)19-12-33-34(3)14-19/h4-12,14-15H,13H2,1-3H3,(H3,29,30,31,32)/q-1. The van der Waals surface area contributed by atoms with Gasteiger partial charge in [-0.25, -0.2) is 9.97 Å². The number of nitrogens with one attached hydrogen (secondary N) is 1. The van der Waals surface area contributed by atoms with Gasteiger partial charge in [-0.2, -0.15) is 5.10 Å². The van der Waals surface area contributed by atoms with Crippen molar-refractivity contribution in [2.75, 3.05) is 11.1 Å². The zero-order chi connectivity index (χ0) is 25.4. The molecule has 180 valence electrons. The van der Waals surface area contributed by atoms with E-state index in [1.54, 1.807) is 22.5 Å². The van der Waals surface area contributed by atoms with Crippen LogP contribution in [-0.4, -0.2) is 30.0 Å². The summed E-state index contributed by atoms with van der Waals surface area (Å²) in [6.45, 7) is 4.17. The normalized spacial score (nSPS) is 11.1. The third kappa shape index (κ3) is 4.00. The van der Waals surface area contributed by atoms with E-state index in [0.717, 1.165) is 27.9 Å². The molecule has 0 saturated heterocycles. The Kier molecular flexibility index (Phi) is 5.81. The predicted molar refractivity (Wildman–Crippen MR) is 143 cm³/mol. The minimum atomic E-state index is -0.0936. The number of para-hydroxylation sites is 1. The molecule has 0 unspecified atom stereocenters. The van der Waals surface area contributed by atoms with Gasteiger partial charge >= 0.3 is 0 Å². The summed E-state index contributed by atoms with van der Waals surface area (Å²) < 4.78 is 3.31. The molecule has 2 aromatic carbocycles. The highest BCUT2D eigenvalue weighted by Gasteiger charge is 2.16. The number of hydrogen-bond donors (Lipinski definition) is 2. The molecular formula is C27H25N8O-. The summed E-state index contributed by atoms with van der Waals surface area (Å²) in [7, 11) is 1.76. The van der Waals surface area contributed by atoms with Gasteiger partial charge in [0.05, 0.1) is 23.8 Å². The Morgan fingerprint density at radius 3 is 2.61 bits per heavy atom. The van der Waals surface area contributed by atoms with Gasteiger partial charge in [-0.05, 0) is 48.1 Å². The molecule has 0 radical (unpaired) electrons. The molecule has 0 saturated carbocycles. The SMILES string of the molecule is Cc1ccccc1-n1c(CNc2ncnc(N)c2C(=[N-])c2cnn(C)c2)cc2cccc(C)c2c1=O. The molecule has 0 bridgehead atoms. The van der Waals surface area contributed by atoms with Crippen molar-refractivity contribution >= 4 is 28.1 Å². The second-order valence-corrected chi connectivity index (χ2v) is 8.69. The van der Waals surface area contributed by atoms with E-state index in [1.165, 1.54) is 12.5 Å². The molecule has 0 atom stereocenters. The number of nitrogens with zero attached hydrogens (tertiary/aromatic N) is 6. The number of nitrogens with two attached hydrogens (primary N) is 1. The molecule has 0 fully saturated rings. The second kappa shape index (κ2) is 9.10. The Morgan fingerprint density at radius 1 is 1.08 bits per heavy atom. The highest BCUT2D eigenvalue weighted by atomic mass is 16.1. The summed E-state index contributed by atoms with van der Waals surface area (Å²) in [5, 5.41) is 19.9. The van der Waals surface area contributed by atoms with E-state index >= 15 is 0 Å². The highest BCUT2D eigenvalue weighted by Crippen LogP contribution is 2.24. The quantitative estimate of drug-likeness (QED) is 0.359. The van der Waals surface area contributed by atoms with Gasteiger partial charge in [-0.15, -0.1) is 5.71 Å². The average molecular weight is 478 g/mol. The smallest absolute Gasteiger partial charge is 0.263 e. The van der Waals surface area contributed by atoms with Crippen LogP contribution in [0.15, 0.2) is 72.0 Å². The molecule has 9 heteroatoms. The van der Waals surface area contributed by atoms with Gasteiger partial charge in [0.1, 0.15) is 18.0 Å². The van der Waals surface area contributed by atoms with E-state index in [-0.39, 0.29) is 29.2 Å². The molecule has 0 aliphatic rings. The van der Waals surface area contributed by atoms with E-state index in [2.05, 4.69) is 20.4 Å². The van der Waals surface area contributed by atoms with E-state index in [9.17, 15) is 10.2 Å². The van der Waals surface area contributed by atoms with Gasteiger partial charge in [-0.1, -0.05) is 36.4 Å². The van der Waals surface area contributed by atoms with Crippen molar-refractivity contribution in [2.45, 2.75) is 20.4 Å². The molecular weight excluding hydrogens is 452 g/mol. The predicted octanol–water partition coefficient (Wildman–Crippen LogP) is 3.73. The van der Waals surface area contributed by atoms with Crippen molar-refractivity contribution in [1.82, 2.24) is 24.3 Å². The highest BCUT2D eigenvalue weighted by molar-refractivity contribution is 6.19. The lowest BCUT2D eigenvalue weighted by Gasteiger charge is -2.20. The Bertz CT molecular complexity index is 1680. The van der Waals surface area contributed by atoms with Gasteiger partial charge in [0.2, 0.25) is 0 Å². The first-order chi connectivity index (χ1) is 17.3. The molecule has 0 spiro atoms. The van der Waals surface area contributed by atoms with Crippen LogP contribution in [0.4, 0.5) is 11.6 Å². The summed E-state index contributed by atoms with van der Waals surface area (Å²) in [6, 6.07) is 15.6. The number of pyridine rings is 1. The van der Waals surface area contributed by atoms with Gasteiger partial charge in [-0.3, -0.25) is 14.0 Å². The van der Waals surface area contributed by atoms with E-state index < -0.39 is 0 Å². The summed E-state index contributed by atoms with van der Waals surface area (Å²) in [6.07, 6.45) is 4.54. The summed E-state index contributed by atoms with van der Waals surface area (Å²) >= 11 is 0. The lowest BCUT2D eigenvalue weighted by atomic mass is 10.0. The molecule has 3 aromatic heterocycles. The van der Waals surface area contributed by atoms with Crippen molar-refractivity contribution in [1.29, 1.82) is 0 Å². The Balaban J connectivity index is 1.62. The number of rotatable bonds is 6. The molecule has 36 heavy (non-hydrogen) atoms. The second-order valence-electron chi connectivity index (χ2n) is 8.69. The van der Waals surface area contributed by atoms with Crippen LogP contribution in [0.1, 0.15) is 27.9 Å². The molecule has 3 heterocycles. The minimum Gasteiger partial charge on any atom is -0.803 e. The number of anilines is 2. The first-order valence-electron chi connectivity index (χ1n) is 11.4. The number of fused-ring (bicyclic) bond motifs is 1. The Hall–Kier alpha value is -4.79. The maximum absolute atomic E-state index is 13.8. The molecule has 5 rings (SSSR count). The lowest BCUT2D eigenvalue weighted by molar-refractivity contribution is 0.767. The van der Waals surface area contributed by atoms with Crippen LogP contribution >= 0.6 is 0 Å².